The highest BCUT2D eigenvalue weighted by Gasteiger charge is 2.55. The summed E-state index contributed by atoms with van der Waals surface area (Å²) in [7, 11) is 1.44. The van der Waals surface area contributed by atoms with Gasteiger partial charge in [-0.05, 0) is 0 Å². The minimum atomic E-state index is -2.72. The normalized spacial score (nSPS) is 30.6. The van der Waals surface area contributed by atoms with Gasteiger partial charge >= 0.3 is 6.01 Å². The molecule has 0 radical (unpaired) electrons. The number of aromatic nitrogens is 4. The summed E-state index contributed by atoms with van der Waals surface area (Å²) in [6, 6.07) is 0.205. The van der Waals surface area contributed by atoms with E-state index in [2.05, 4.69) is 15.0 Å². The molecule has 1 aliphatic rings. The summed E-state index contributed by atoms with van der Waals surface area (Å²) in [6.07, 6.45) is 1.13. The molecule has 0 bridgehead atoms. The van der Waals surface area contributed by atoms with E-state index in [1.54, 1.807) is 0 Å². The maximum atomic E-state index is 14.1. The van der Waals surface area contributed by atoms with Gasteiger partial charge in [-0.3, -0.25) is 0 Å². The van der Waals surface area contributed by atoms with Crippen LogP contribution >= 0.6 is 0 Å². The van der Waals surface area contributed by atoms with Crippen LogP contribution in [0.5, 0.6) is 6.01 Å². The third kappa shape index (κ3) is 2.65. The Labute approximate surface area is 130 Å². The molecule has 1 unspecified atom stereocenters. The number of halogens is 1. The fraction of sp³-hybridized carbons (Fsp3) is 0.462. The average Bonchev–Trinajstić information content (AvgIpc) is 3.15. The number of hydrogen-bond acceptors (Lipinski definition) is 8. The molecule has 2 aromatic heterocycles. The topological polar surface area (TPSA) is 123 Å². The second kappa shape index (κ2) is 5.81. The minimum Gasteiger partial charge on any atom is -0.467 e. The average molecular weight is 326 g/mol. The van der Waals surface area contributed by atoms with Crippen LogP contribution in [0.2, 0.25) is 0 Å². The van der Waals surface area contributed by atoms with Gasteiger partial charge in [0, 0.05) is 24.2 Å². The van der Waals surface area contributed by atoms with Gasteiger partial charge in [-0.25, -0.2) is 19.3 Å². The summed E-state index contributed by atoms with van der Waals surface area (Å²) in [5.74, 6) is -2.72. The van der Waals surface area contributed by atoms with Gasteiger partial charge in [0.2, 0.25) is 0 Å². The van der Waals surface area contributed by atoms with Gasteiger partial charge < -0.3 is 29.4 Å². The zero-order valence-electron chi connectivity index (χ0n) is 12.1. The third-order valence-corrected chi connectivity index (χ3v) is 3.59. The van der Waals surface area contributed by atoms with Crippen molar-refractivity contribution in [2.75, 3.05) is 13.7 Å². The molecule has 3 heterocycles. The summed E-state index contributed by atoms with van der Waals surface area (Å²) in [4.78, 5) is 12.0. The second-order valence-corrected chi connectivity index (χ2v) is 5.05. The number of hydrogen-bond donors (Lipinski definition) is 3. The lowest BCUT2D eigenvalue weighted by Gasteiger charge is -2.19. The summed E-state index contributed by atoms with van der Waals surface area (Å²) in [5.41, 5.74) is 1.03. The molecule has 0 aliphatic carbocycles. The molecule has 3 N–H and O–H groups in total. The van der Waals surface area contributed by atoms with E-state index in [1.165, 1.54) is 36.6 Å². The van der Waals surface area contributed by atoms with Crippen LogP contribution in [0.1, 0.15) is 6.23 Å². The lowest BCUT2D eigenvalue weighted by Crippen LogP contribution is -2.42. The first kappa shape index (κ1) is 15.7. The molecule has 10 heteroatoms. The monoisotopic (exact) mass is 326 g/mol. The van der Waals surface area contributed by atoms with E-state index in [9.17, 15) is 14.6 Å². The fourth-order valence-electron chi connectivity index (χ4n) is 2.30. The van der Waals surface area contributed by atoms with E-state index in [4.69, 9.17) is 14.6 Å². The molecular weight excluding hydrogens is 311 g/mol. The summed E-state index contributed by atoms with van der Waals surface area (Å²) in [6.45, 7) is -1.07. The van der Waals surface area contributed by atoms with E-state index < -0.39 is 30.9 Å². The van der Waals surface area contributed by atoms with Crippen LogP contribution in [0, 0.1) is 0 Å². The molecule has 0 saturated carbocycles. The lowest BCUT2D eigenvalue weighted by molar-refractivity contribution is -0.206. The van der Waals surface area contributed by atoms with Crippen molar-refractivity contribution in [3.05, 3.63) is 24.9 Å². The Morgan fingerprint density at radius 3 is 2.61 bits per heavy atom. The van der Waals surface area contributed by atoms with Crippen molar-refractivity contribution in [2.45, 2.75) is 24.3 Å². The molecule has 124 valence electrons. The van der Waals surface area contributed by atoms with Crippen molar-refractivity contribution in [2.24, 2.45) is 0 Å². The zero-order chi connectivity index (χ0) is 16.6. The predicted octanol–water partition coefficient (Wildman–Crippen LogP) is -0.743. The Bertz CT molecular complexity index is 681. The number of aliphatic hydroxyl groups is 3. The molecular formula is C13H15FN4O5. The maximum Gasteiger partial charge on any atom is 0.316 e. The highest BCUT2D eigenvalue weighted by Crippen LogP contribution is 2.38. The van der Waals surface area contributed by atoms with Crippen molar-refractivity contribution in [3.8, 4) is 17.3 Å². The Balaban J connectivity index is 1.84. The van der Waals surface area contributed by atoms with Crippen molar-refractivity contribution < 1.29 is 29.2 Å². The van der Waals surface area contributed by atoms with Gasteiger partial charge in [0.25, 0.3) is 5.85 Å². The summed E-state index contributed by atoms with van der Waals surface area (Å²) >= 11 is 0. The molecule has 23 heavy (non-hydrogen) atoms. The van der Waals surface area contributed by atoms with Crippen LogP contribution < -0.4 is 4.74 Å². The lowest BCUT2D eigenvalue weighted by atomic mass is 10.1. The molecule has 3 rings (SSSR count). The Kier molecular flexibility index (Phi) is 3.98. The molecule has 2 aromatic rings. The predicted molar refractivity (Wildman–Crippen MR) is 72.9 cm³/mol. The van der Waals surface area contributed by atoms with E-state index in [1.807, 2.05) is 0 Å². The Hall–Kier alpha value is -2.14. The van der Waals surface area contributed by atoms with Gasteiger partial charge in [-0.1, -0.05) is 0 Å². The van der Waals surface area contributed by atoms with Crippen molar-refractivity contribution in [1.82, 2.24) is 19.5 Å². The van der Waals surface area contributed by atoms with Gasteiger partial charge in [-0.15, -0.1) is 0 Å². The number of imidazole rings is 1. The number of alkyl halides is 1. The van der Waals surface area contributed by atoms with Gasteiger partial charge in [0.05, 0.1) is 19.1 Å². The van der Waals surface area contributed by atoms with Crippen molar-refractivity contribution in [1.29, 1.82) is 0 Å². The highest BCUT2D eigenvalue weighted by molar-refractivity contribution is 5.55. The minimum absolute atomic E-state index is 0.205. The number of methoxy groups -OCH3 is 1. The zero-order valence-corrected chi connectivity index (χ0v) is 12.1. The molecule has 1 aliphatic heterocycles. The van der Waals surface area contributed by atoms with Crippen LogP contribution in [-0.2, 0) is 4.74 Å². The third-order valence-electron chi connectivity index (χ3n) is 3.59. The first-order valence-electron chi connectivity index (χ1n) is 6.72. The van der Waals surface area contributed by atoms with Crippen molar-refractivity contribution in [3.63, 3.8) is 0 Å². The standard InChI is InChI=1S/C13H15FN4O5/c1-22-12-15-2-7(3-16-12)8-4-18(6-17-8)11-9(20)10(21)13(14,5-19)23-11/h2-4,6,9-11,19-21H,5H2,1H3/t9-,10?,11+,13+/m0/s1. The first-order valence-corrected chi connectivity index (χ1v) is 6.72. The summed E-state index contributed by atoms with van der Waals surface area (Å²) in [5, 5.41) is 28.5. The second-order valence-electron chi connectivity index (χ2n) is 5.05. The highest BCUT2D eigenvalue weighted by atomic mass is 19.2. The SMILES string of the molecule is COc1ncc(-c2cn([C@@H]3O[C@](F)(CO)C(O)[C@@H]3O)cn2)cn1. The first-order chi connectivity index (χ1) is 11.0. The van der Waals surface area contributed by atoms with Gasteiger partial charge in [0.15, 0.2) is 6.23 Å². The van der Waals surface area contributed by atoms with Crippen LogP contribution in [0.25, 0.3) is 11.3 Å². The summed E-state index contributed by atoms with van der Waals surface area (Å²) < 4.78 is 25.2. The number of nitrogens with zero attached hydrogens (tertiary/aromatic N) is 4. The number of aliphatic hydroxyl groups excluding tert-OH is 3. The molecule has 9 nitrogen and oxygen atoms in total. The largest absolute Gasteiger partial charge is 0.467 e. The fourth-order valence-corrected chi connectivity index (χ4v) is 2.30. The molecule has 1 saturated heterocycles. The van der Waals surface area contributed by atoms with Gasteiger partial charge in [-0.2, -0.15) is 0 Å². The Morgan fingerprint density at radius 2 is 2.04 bits per heavy atom. The maximum absolute atomic E-state index is 14.1. The van der Waals surface area contributed by atoms with E-state index >= 15 is 0 Å². The molecule has 1 fully saturated rings. The van der Waals surface area contributed by atoms with E-state index in [0.29, 0.717) is 11.3 Å². The van der Waals surface area contributed by atoms with E-state index in [-0.39, 0.29) is 6.01 Å². The quantitative estimate of drug-likeness (QED) is 0.671. The number of rotatable bonds is 4. The molecule has 0 aromatic carbocycles. The molecule has 0 spiro atoms. The van der Waals surface area contributed by atoms with E-state index in [0.717, 1.165) is 0 Å². The molecule has 4 atom stereocenters. The van der Waals surface area contributed by atoms with Crippen LogP contribution in [-0.4, -0.2) is 66.6 Å². The Morgan fingerprint density at radius 1 is 1.35 bits per heavy atom. The molecule has 0 amide bonds. The number of ether oxygens (including phenoxy) is 2. The van der Waals surface area contributed by atoms with Gasteiger partial charge in [0.1, 0.15) is 18.8 Å². The smallest absolute Gasteiger partial charge is 0.316 e. The van der Waals surface area contributed by atoms with Crippen LogP contribution in [0.3, 0.4) is 0 Å². The van der Waals surface area contributed by atoms with Crippen molar-refractivity contribution >= 4 is 0 Å². The van der Waals surface area contributed by atoms with Crippen LogP contribution in [0.15, 0.2) is 24.9 Å². The van der Waals surface area contributed by atoms with Crippen LogP contribution in [0.4, 0.5) is 4.39 Å².